The zero-order valence-electron chi connectivity index (χ0n) is 11.5. The predicted octanol–water partition coefficient (Wildman–Crippen LogP) is 1.86. The van der Waals surface area contributed by atoms with Crippen LogP contribution in [-0.4, -0.2) is 30.5 Å². The van der Waals surface area contributed by atoms with Crippen LogP contribution in [0.25, 0.3) is 0 Å². The zero-order valence-corrected chi connectivity index (χ0v) is 12.3. The van der Waals surface area contributed by atoms with Gasteiger partial charge in [-0.1, -0.05) is 11.3 Å². The molecule has 0 unspecified atom stereocenters. The average Bonchev–Trinajstić information content (AvgIpc) is 3.07. The van der Waals surface area contributed by atoms with E-state index in [4.69, 9.17) is 12.2 Å². The van der Waals surface area contributed by atoms with E-state index in [1.165, 1.54) is 24.2 Å². The van der Waals surface area contributed by atoms with Gasteiger partial charge in [0.2, 0.25) is 0 Å². The standard InChI is InChI=1S/C14H20N4OS/c1-2-3-4-5-8-16-13(19)11-12(15)17-14(20-11)18-9-6-7-10-18/h1H,3-10,15H2,(H,16,19). The molecular formula is C14H20N4OS. The number of rotatable bonds is 6. The fourth-order valence-corrected chi connectivity index (χ4v) is 3.11. The SMILES string of the molecule is C#CCCCCNC(=O)c1sc(N2CCCC2)nc1N. The molecule has 20 heavy (non-hydrogen) atoms. The van der Waals surface area contributed by atoms with Crippen LogP contribution in [0.2, 0.25) is 0 Å². The third-order valence-corrected chi connectivity index (χ3v) is 4.39. The van der Waals surface area contributed by atoms with Gasteiger partial charge in [-0.25, -0.2) is 4.98 Å². The van der Waals surface area contributed by atoms with Crippen molar-refractivity contribution in [1.29, 1.82) is 0 Å². The van der Waals surface area contributed by atoms with Crippen LogP contribution in [0, 0.1) is 12.3 Å². The molecule has 1 aliphatic rings. The van der Waals surface area contributed by atoms with Crippen LogP contribution in [0.3, 0.4) is 0 Å². The molecule has 0 saturated carbocycles. The van der Waals surface area contributed by atoms with Crippen LogP contribution in [0.4, 0.5) is 10.9 Å². The lowest BCUT2D eigenvalue weighted by Gasteiger charge is -2.11. The smallest absolute Gasteiger partial charge is 0.265 e. The highest BCUT2D eigenvalue weighted by Gasteiger charge is 2.21. The molecule has 3 N–H and O–H groups in total. The summed E-state index contributed by atoms with van der Waals surface area (Å²) in [6, 6.07) is 0. The molecule has 2 heterocycles. The molecule has 0 bridgehead atoms. The van der Waals surface area contributed by atoms with Gasteiger partial charge in [0.1, 0.15) is 10.7 Å². The van der Waals surface area contributed by atoms with Crippen LogP contribution in [-0.2, 0) is 0 Å². The third kappa shape index (κ3) is 3.64. The lowest BCUT2D eigenvalue weighted by molar-refractivity contribution is 0.0958. The highest BCUT2D eigenvalue weighted by molar-refractivity contribution is 7.18. The maximum Gasteiger partial charge on any atom is 0.265 e. The van der Waals surface area contributed by atoms with E-state index >= 15 is 0 Å². The van der Waals surface area contributed by atoms with Gasteiger partial charge in [0, 0.05) is 26.1 Å². The predicted molar refractivity (Wildman–Crippen MR) is 83.0 cm³/mol. The van der Waals surface area contributed by atoms with Gasteiger partial charge in [0.05, 0.1) is 0 Å². The summed E-state index contributed by atoms with van der Waals surface area (Å²) in [5, 5.41) is 3.73. The molecule has 0 aromatic carbocycles. The van der Waals surface area contributed by atoms with Crippen LogP contribution in [0.5, 0.6) is 0 Å². The summed E-state index contributed by atoms with van der Waals surface area (Å²) in [4.78, 5) is 19.1. The molecule has 1 aliphatic heterocycles. The molecule has 0 radical (unpaired) electrons. The number of carbonyl (C=O) groups is 1. The second-order valence-corrected chi connectivity index (χ2v) is 5.80. The molecule has 1 saturated heterocycles. The number of nitrogens with two attached hydrogens (primary N) is 1. The maximum absolute atomic E-state index is 12.0. The van der Waals surface area contributed by atoms with Gasteiger partial charge in [-0.05, 0) is 25.7 Å². The van der Waals surface area contributed by atoms with Gasteiger partial charge in [-0.3, -0.25) is 4.79 Å². The Morgan fingerprint density at radius 2 is 2.20 bits per heavy atom. The van der Waals surface area contributed by atoms with Gasteiger partial charge in [-0.2, -0.15) is 0 Å². The molecule has 0 aliphatic carbocycles. The fourth-order valence-electron chi connectivity index (χ4n) is 2.16. The normalized spacial score (nSPS) is 14.2. The topological polar surface area (TPSA) is 71.2 Å². The number of unbranched alkanes of at least 4 members (excludes halogenated alkanes) is 2. The summed E-state index contributed by atoms with van der Waals surface area (Å²) in [6.07, 6.45) is 10.1. The van der Waals surface area contributed by atoms with E-state index in [0.29, 0.717) is 17.2 Å². The van der Waals surface area contributed by atoms with Gasteiger partial charge in [0.15, 0.2) is 5.13 Å². The first-order valence-corrected chi connectivity index (χ1v) is 7.77. The highest BCUT2D eigenvalue weighted by Crippen LogP contribution is 2.30. The largest absolute Gasteiger partial charge is 0.382 e. The van der Waals surface area contributed by atoms with Crippen molar-refractivity contribution in [2.45, 2.75) is 32.1 Å². The summed E-state index contributed by atoms with van der Waals surface area (Å²) < 4.78 is 0. The summed E-state index contributed by atoms with van der Waals surface area (Å²) in [5.74, 6) is 2.78. The van der Waals surface area contributed by atoms with Crippen molar-refractivity contribution in [2.24, 2.45) is 0 Å². The molecule has 1 aromatic heterocycles. The Labute approximate surface area is 123 Å². The van der Waals surface area contributed by atoms with Crippen LogP contribution in [0.15, 0.2) is 0 Å². The molecule has 2 rings (SSSR count). The lowest BCUT2D eigenvalue weighted by atomic mass is 10.2. The fraction of sp³-hybridized carbons (Fsp3) is 0.571. The quantitative estimate of drug-likeness (QED) is 0.620. The molecule has 5 nitrogen and oxygen atoms in total. The number of aromatic nitrogens is 1. The van der Waals surface area contributed by atoms with Crippen molar-refractivity contribution in [3.63, 3.8) is 0 Å². The van der Waals surface area contributed by atoms with Crippen molar-refractivity contribution in [1.82, 2.24) is 10.3 Å². The van der Waals surface area contributed by atoms with E-state index < -0.39 is 0 Å². The van der Waals surface area contributed by atoms with Crippen molar-refractivity contribution >= 4 is 28.2 Å². The van der Waals surface area contributed by atoms with E-state index in [2.05, 4.69) is 21.1 Å². The lowest BCUT2D eigenvalue weighted by Crippen LogP contribution is -2.24. The number of nitrogen functional groups attached to an aromatic ring is 1. The van der Waals surface area contributed by atoms with Gasteiger partial charge in [-0.15, -0.1) is 12.3 Å². The van der Waals surface area contributed by atoms with E-state index in [1.54, 1.807) is 0 Å². The Bertz CT molecular complexity index is 500. The van der Waals surface area contributed by atoms with Crippen LogP contribution in [0.1, 0.15) is 41.8 Å². The van der Waals surface area contributed by atoms with Gasteiger partial charge in [0.25, 0.3) is 5.91 Å². The highest BCUT2D eigenvalue weighted by atomic mass is 32.1. The van der Waals surface area contributed by atoms with E-state index in [-0.39, 0.29) is 5.91 Å². The maximum atomic E-state index is 12.0. The summed E-state index contributed by atoms with van der Waals surface area (Å²) in [6.45, 7) is 2.62. The van der Waals surface area contributed by atoms with Gasteiger partial charge >= 0.3 is 0 Å². The molecule has 0 spiro atoms. The Morgan fingerprint density at radius 3 is 2.90 bits per heavy atom. The molecule has 6 heteroatoms. The molecule has 1 aromatic rings. The monoisotopic (exact) mass is 292 g/mol. The Hall–Kier alpha value is -1.74. The number of anilines is 2. The van der Waals surface area contributed by atoms with Crippen LogP contribution >= 0.6 is 11.3 Å². The van der Waals surface area contributed by atoms with Gasteiger partial charge < -0.3 is 16.0 Å². The Morgan fingerprint density at radius 1 is 1.45 bits per heavy atom. The van der Waals surface area contributed by atoms with Crippen molar-refractivity contribution < 1.29 is 4.79 Å². The molecular weight excluding hydrogens is 272 g/mol. The van der Waals surface area contributed by atoms with Crippen molar-refractivity contribution in [3.8, 4) is 12.3 Å². The second kappa shape index (κ2) is 7.15. The van der Waals surface area contributed by atoms with Crippen molar-refractivity contribution in [2.75, 3.05) is 30.3 Å². The number of nitrogens with one attached hydrogen (secondary N) is 1. The minimum absolute atomic E-state index is 0.133. The number of nitrogens with zero attached hydrogens (tertiary/aromatic N) is 2. The number of hydrogen-bond donors (Lipinski definition) is 2. The van der Waals surface area contributed by atoms with Crippen LogP contribution < -0.4 is 16.0 Å². The summed E-state index contributed by atoms with van der Waals surface area (Å²) in [7, 11) is 0. The summed E-state index contributed by atoms with van der Waals surface area (Å²) in [5.41, 5.74) is 5.85. The number of thiazole rings is 1. The second-order valence-electron chi connectivity index (χ2n) is 4.82. The molecule has 1 amide bonds. The molecule has 108 valence electrons. The van der Waals surface area contributed by atoms with E-state index in [9.17, 15) is 4.79 Å². The van der Waals surface area contributed by atoms with E-state index in [1.807, 2.05) is 0 Å². The first kappa shape index (κ1) is 14.7. The minimum Gasteiger partial charge on any atom is -0.382 e. The number of carbonyl (C=O) groups excluding carboxylic acids is 1. The zero-order chi connectivity index (χ0) is 14.4. The number of terminal acetylenes is 1. The molecule has 1 fully saturated rings. The minimum atomic E-state index is -0.133. The number of hydrogen-bond acceptors (Lipinski definition) is 5. The van der Waals surface area contributed by atoms with Crippen molar-refractivity contribution in [3.05, 3.63) is 4.88 Å². The molecule has 0 atom stereocenters. The van der Waals surface area contributed by atoms with E-state index in [0.717, 1.165) is 37.5 Å². The first-order chi connectivity index (χ1) is 9.72. The Kier molecular flexibility index (Phi) is 5.24. The summed E-state index contributed by atoms with van der Waals surface area (Å²) >= 11 is 1.38. The number of amides is 1. The average molecular weight is 292 g/mol. The Balaban J connectivity index is 1.88. The third-order valence-electron chi connectivity index (χ3n) is 3.26. The first-order valence-electron chi connectivity index (χ1n) is 6.95.